The van der Waals surface area contributed by atoms with E-state index in [4.69, 9.17) is 0 Å². The van der Waals surface area contributed by atoms with Crippen molar-refractivity contribution in [1.82, 2.24) is 29.2 Å². The van der Waals surface area contributed by atoms with Gasteiger partial charge in [0.05, 0.1) is 29.7 Å². The van der Waals surface area contributed by atoms with E-state index in [-0.39, 0.29) is 23.9 Å². The van der Waals surface area contributed by atoms with Crippen LogP contribution in [-0.4, -0.2) is 58.9 Å². The largest absolute Gasteiger partial charge is 0.388 e. The standard InChI is InChI=1S/C26H26N6O3/c33-24(19-4-5-19)30-13-10-26(35,11-14-30)16-31-17-28-23-21(25(31)34)15-29-32(23)20-8-6-18(7-9-20)22-3-1-2-12-27-22/h1-3,6-9,12,15,17,19,35H,4-5,10-11,13-14,16H2. The first kappa shape index (κ1) is 21.7. The molecule has 178 valence electrons. The predicted molar refractivity (Wildman–Crippen MR) is 130 cm³/mol. The number of likely N-dealkylation sites (tertiary alicyclic amines) is 1. The Labute approximate surface area is 201 Å². The maximum atomic E-state index is 13.2. The first-order chi connectivity index (χ1) is 17.0. The number of hydrogen-bond acceptors (Lipinski definition) is 6. The molecule has 3 aromatic heterocycles. The molecule has 0 spiro atoms. The third kappa shape index (κ3) is 4.12. The zero-order chi connectivity index (χ0) is 24.0. The molecule has 1 N–H and O–H groups in total. The second kappa shape index (κ2) is 8.42. The van der Waals surface area contributed by atoms with Crippen LogP contribution < -0.4 is 5.56 Å². The molecule has 4 heterocycles. The van der Waals surface area contributed by atoms with Crippen molar-refractivity contribution in [2.45, 2.75) is 37.8 Å². The second-order valence-corrected chi connectivity index (χ2v) is 9.56. The van der Waals surface area contributed by atoms with E-state index in [9.17, 15) is 14.7 Å². The Hall–Kier alpha value is -3.85. The number of nitrogens with zero attached hydrogens (tertiary/aromatic N) is 6. The normalized spacial score (nSPS) is 17.6. The summed E-state index contributed by atoms with van der Waals surface area (Å²) in [5.74, 6) is 0.381. The van der Waals surface area contributed by atoms with Crippen LogP contribution in [0.5, 0.6) is 0 Å². The van der Waals surface area contributed by atoms with Gasteiger partial charge in [-0.15, -0.1) is 0 Å². The van der Waals surface area contributed by atoms with Gasteiger partial charge in [-0.05, 0) is 49.9 Å². The van der Waals surface area contributed by atoms with Crippen LogP contribution in [-0.2, 0) is 11.3 Å². The molecule has 9 nitrogen and oxygen atoms in total. The number of carbonyl (C=O) groups excluding carboxylic acids is 1. The third-order valence-corrected chi connectivity index (χ3v) is 7.02. The maximum absolute atomic E-state index is 13.2. The van der Waals surface area contributed by atoms with Gasteiger partial charge in [0.15, 0.2) is 5.65 Å². The number of pyridine rings is 1. The van der Waals surface area contributed by atoms with E-state index < -0.39 is 5.60 Å². The fraction of sp³-hybridized carbons (Fsp3) is 0.346. The number of amides is 1. The highest BCUT2D eigenvalue weighted by atomic mass is 16.3. The zero-order valence-corrected chi connectivity index (χ0v) is 19.2. The molecule has 2 fully saturated rings. The highest BCUT2D eigenvalue weighted by molar-refractivity contribution is 5.81. The lowest BCUT2D eigenvalue weighted by molar-refractivity contribution is -0.137. The summed E-state index contributed by atoms with van der Waals surface area (Å²) in [6.45, 7) is 1.18. The van der Waals surface area contributed by atoms with Gasteiger partial charge in [0.2, 0.25) is 5.91 Å². The van der Waals surface area contributed by atoms with Crippen molar-refractivity contribution in [2.75, 3.05) is 13.1 Å². The molecule has 1 saturated carbocycles. The summed E-state index contributed by atoms with van der Waals surface area (Å²) < 4.78 is 3.09. The Morgan fingerprint density at radius 2 is 1.83 bits per heavy atom. The lowest BCUT2D eigenvalue weighted by atomic mass is 9.91. The van der Waals surface area contributed by atoms with Gasteiger partial charge in [-0.25, -0.2) is 9.67 Å². The molecule has 0 bridgehead atoms. The Morgan fingerprint density at radius 3 is 2.51 bits per heavy atom. The number of benzene rings is 1. The number of aliphatic hydroxyl groups is 1. The summed E-state index contributed by atoms with van der Waals surface area (Å²) in [4.78, 5) is 36.2. The molecule has 0 radical (unpaired) electrons. The molecule has 1 amide bonds. The average molecular weight is 471 g/mol. The van der Waals surface area contributed by atoms with Crippen LogP contribution in [0.2, 0.25) is 0 Å². The van der Waals surface area contributed by atoms with E-state index in [1.165, 1.54) is 17.1 Å². The smallest absolute Gasteiger partial charge is 0.264 e. The maximum Gasteiger partial charge on any atom is 0.264 e. The fourth-order valence-corrected chi connectivity index (χ4v) is 4.76. The van der Waals surface area contributed by atoms with Crippen LogP contribution >= 0.6 is 0 Å². The van der Waals surface area contributed by atoms with Gasteiger partial charge in [-0.3, -0.25) is 19.1 Å². The Bertz CT molecular complexity index is 1430. The Balaban J connectivity index is 1.21. The third-order valence-electron chi connectivity index (χ3n) is 7.02. The van der Waals surface area contributed by atoms with Crippen LogP contribution in [0, 0.1) is 5.92 Å². The summed E-state index contributed by atoms with van der Waals surface area (Å²) in [5, 5.41) is 15.9. The van der Waals surface area contributed by atoms with Crippen LogP contribution in [0.4, 0.5) is 0 Å². The number of rotatable bonds is 5. The number of hydrogen-bond donors (Lipinski definition) is 1. The molecular weight excluding hydrogens is 444 g/mol. The van der Waals surface area contributed by atoms with Gasteiger partial charge in [-0.1, -0.05) is 18.2 Å². The molecule has 1 aromatic carbocycles. The molecular formula is C26H26N6O3. The SMILES string of the molecule is O=C(C1CC1)N1CCC(O)(Cn2cnc3c(cnn3-c3ccc(-c4ccccn4)cc3)c2=O)CC1. The van der Waals surface area contributed by atoms with Crippen LogP contribution in [0.15, 0.2) is 66.0 Å². The Kier molecular flexibility index (Phi) is 5.21. The van der Waals surface area contributed by atoms with E-state index in [0.717, 1.165) is 29.8 Å². The molecule has 2 aliphatic rings. The monoisotopic (exact) mass is 470 g/mol. The lowest BCUT2D eigenvalue weighted by Crippen LogP contribution is -2.50. The van der Waals surface area contributed by atoms with E-state index in [1.807, 2.05) is 47.4 Å². The highest BCUT2D eigenvalue weighted by Gasteiger charge is 2.39. The first-order valence-electron chi connectivity index (χ1n) is 12.0. The van der Waals surface area contributed by atoms with Crippen molar-refractivity contribution in [3.8, 4) is 16.9 Å². The molecule has 6 rings (SSSR count). The quantitative estimate of drug-likeness (QED) is 0.480. The van der Waals surface area contributed by atoms with E-state index in [2.05, 4.69) is 15.1 Å². The van der Waals surface area contributed by atoms with Crippen LogP contribution in [0.25, 0.3) is 28.0 Å². The summed E-state index contributed by atoms with van der Waals surface area (Å²) >= 11 is 0. The minimum absolute atomic E-state index is 0.143. The minimum Gasteiger partial charge on any atom is -0.388 e. The second-order valence-electron chi connectivity index (χ2n) is 9.56. The van der Waals surface area contributed by atoms with Crippen molar-refractivity contribution < 1.29 is 9.90 Å². The topological polar surface area (TPSA) is 106 Å². The van der Waals surface area contributed by atoms with E-state index >= 15 is 0 Å². The molecule has 9 heteroatoms. The van der Waals surface area contributed by atoms with Gasteiger partial charge in [-0.2, -0.15) is 5.10 Å². The molecule has 1 aliphatic carbocycles. The molecule has 1 aliphatic heterocycles. The lowest BCUT2D eigenvalue weighted by Gasteiger charge is -2.38. The summed E-state index contributed by atoms with van der Waals surface area (Å²) in [5.41, 5.74) is 1.84. The molecule has 0 atom stereocenters. The molecule has 35 heavy (non-hydrogen) atoms. The van der Waals surface area contributed by atoms with Crippen LogP contribution in [0.3, 0.4) is 0 Å². The molecule has 0 unspecified atom stereocenters. The van der Waals surface area contributed by atoms with Crippen molar-refractivity contribution in [2.24, 2.45) is 5.92 Å². The van der Waals surface area contributed by atoms with Gasteiger partial charge in [0, 0.05) is 30.8 Å². The van der Waals surface area contributed by atoms with E-state index in [0.29, 0.717) is 37.0 Å². The zero-order valence-electron chi connectivity index (χ0n) is 19.2. The Morgan fingerprint density at radius 1 is 1.06 bits per heavy atom. The van der Waals surface area contributed by atoms with Crippen molar-refractivity contribution in [3.63, 3.8) is 0 Å². The van der Waals surface area contributed by atoms with Crippen LogP contribution in [0.1, 0.15) is 25.7 Å². The van der Waals surface area contributed by atoms with Crippen molar-refractivity contribution in [1.29, 1.82) is 0 Å². The number of aromatic nitrogens is 5. The highest BCUT2D eigenvalue weighted by Crippen LogP contribution is 2.33. The fourth-order valence-electron chi connectivity index (χ4n) is 4.76. The first-order valence-corrected chi connectivity index (χ1v) is 12.0. The number of piperidine rings is 1. The van der Waals surface area contributed by atoms with Crippen molar-refractivity contribution >= 4 is 16.9 Å². The number of carbonyl (C=O) groups is 1. The molecule has 4 aromatic rings. The van der Waals surface area contributed by atoms with E-state index in [1.54, 1.807) is 10.9 Å². The minimum atomic E-state index is -1.04. The van der Waals surface area contributed by atoms with Gasteiger partial charge < -0.3 is 10.0 Å². The summed E-state index contributed by atoms with van der Waals surface area (Å²) in [7, 11) is 0. The van der Waals surface area contributed by atoms with Gasteiger partial charge in [0.25, 0.3) is 5.56 Å². The van der Waals surface area contributed by atoms with Gasteiger partial charge in [0.1, 0.15) is 11.7 Å². The predicted octanol–water partition coefficient (Wildman–Crippen LogP) is 2.41. The summed E-state index contributed by atoms with van der Waals surface area (Å²) in [6.07, 6.45) is 7.59. The average Bonchev–Trinajstić information content (AvgIpc) is 3.65. The molecule has 1 saturated heterocycles. The van der Waals surface area contributed by atoms with Crippen molar-refractivity contribution in [3.05, 3.63) is 71.5 Å². The summed E-state index contributed by atoms with van der Waals surface area (Å²) in [6, 6.07) is 13.5. The van der Waals surface area contributed by atoms with Gasteiger partial charge >= 0.3 is 0 Å². The number of fused-ring (bicyclic) bond motifs is 1.